The van der Waals surface area contributed by atoms with Crippen LogP contribution in [0.1, 0.15) is 65.2 Å². The number of hydrogen-bond donors (Lipinski definition) is 0. The summed E-state index contributed by atoms with van der Waals surface area (Å²) in [4.78, 5) is 0. The summed E-state index contributed by atoms with van der Waals surface area (Å²) in [6.45, 7) is 7.82. The van der Waals surface area contributed by atoms with E-state index in [0.717, 1.165) is 23.5 Å². The Bertz CT molecular complexity index is 197. The van der Waals surface area contributed by atoms with Crippen LogP contribution in [0, 0.1) is 11.8 Å². The smallest absolute Gasteiger partial charge is 0.192 e. The maximum Gasteiger partial charge on any atom is 1.00 e. The molecule has 0 heterocycles. The van der Waals surface area contributed by atoms with E-state index in [1.165, 1.54) is 38.5 Å². The molecule has 0 saturated heterocycles. The second-order valence-corrected chi connectivity index (χ2v) is 7.10. The van der Waals surface area contributed by atoms with Crippen molar-refractivity contribution >= 4 is 6.71 Å². The molecule has 4 unspecified atom stereocenters. The largest absolute Gasteiger partial charge is 1.00 e. The minimum Gasteiger partial charge on any atom is -0.192 e. The molecule has 0 aromatic heterocycles. The maximum atomic E-state index is 2.65. The summed E-state index contributed by atoms with van der Waals surface area (Å²) in [5, 5.41) is 0. The van der Waals surface area contributed by atoms with Crippen LogP contribution in [0.5, 0.6) is 0 Å². The van der Waals surface area contributed by atoms with Gasteiger partial charge >= 0.3 is 18.9 Å². The maximum absolute atomic E-state index is 2.65. The van der Waals surface area contributed by atoms with Crippen LogP contribution in [0.3, 0.4) is 0 Å². The monoisotopic (exact) mass is 228 g/mol. The van der Waals surface area contributed by atoms with Crippen LogP contribution in [-0.2, 0) is 0 Å². The van der Waals surface area contributed by atoms with Crippen molar-refractivity contribution in [3.8, 4) is 0 Å². The van der Waals surface area contributed by atoms with Gasteiger partial charge in [0, 0.05) is 0 Å². The van der Waals surface area contributed by atoms with Crippen LogP contribution in [0.15, 0.2) is 0 Å². The molecule has 0 amide bonds. The summed E-state index contributed by atoms with van der Waals surface area (Å²) in [6, 6.07) is 0. The minimum atomic E-state index is 0. The molecule has 0 nitrogen and oxygen atoms in total. The van der Waals surface area contributed by atoms with Gasteiger partial charge in [0.1, 0.15) is 0 Å². The average Bonchev–Trinajstić information content (AvgIpc) is 2.29. The van der Waals surface area contributed by atoms with Crippen LogP contribution >= 0.6 is 0 Å². The molecular formula is C15H30BLi. The van der Waals surface area contributed by atoms with Crippen molar-refractivity contribution in [2.24, 2.45) is 11.8 Å². The second-order valence-electron chi connectivity index (χ2n) is 7.10. The summed E-state index contributed by atoms with van der Waals surface area (Å²) >= 11 is 0. The molecule has 0 N–H and O–H groups in total. The SMILES string of the molecule is C[BH-](C1CCCCC1C)C1CCCCC1C.[Li+]. The Hall–Kier alpha value is 0.662. The summed E-state index contributed by atoms with van der Waals surface area (Å²) in [5.41, 5.74) is 0. The molecule has 2 heteroatoms. The van der Waals surface area contributed by atoms with Crippen LogP contribution in [0.4, 0.5) is 0 Å². The van der Waals surface area contributed by atoms with E-state index in [1.54, 1.807) is 12.8 Å². The molecule has 0 spiro atoms. The Labute approximate surface area is 121 Å². The van der Waals surface area contributed by atoms with E-state index in [9.17, 15) is 0 Å². The predicted molar refractivity (Wildman–Crippen MR) is 75.8 cm³/mol. The first kappa shape index (κ1) is 15.7. The molecule has 0 aromatic rings. The van der Waals surface area contributed by atoms with Gasteiger partial charge in [-0.3, -0.25) is 0 Å². The Morgan fingerprint density at radius 2 is 1.06 bits per heavy atom. The fourth-order valence-corrected chi connectivity index (χ4v) is 5.09. The summed E-state index contributed by atoms with van der Waals surface area (Å²) in [5.74, 6) is 4.32. The van der Waals surface area contributed by atoms with Crippen molar-refractivity contribution in [3.63, 3.8) is 0 Å². The molecule has 0 aliphatic heterocycles. The van der Waals surface area contributed by atoms with Gasteiger partial charge in [-0.2, -0.15) is 18.5 Å². The van der Waals surface area contributed by atoms with Crippen LogP contribution in [0.2, 0.25) is 18.5 Å². The van der Waals surface area contributed by atoms with Crippen molar-refractivity contribution in [3.05, 3.63) is 0 Å². The van der Waals surface area contributed by atoms with E-state index in [1.807, 2.05) is 0 Å². The van der Waals surface area contributed by atoms with Gasteiger partial charge in [0.25, 0.3) is 0 Å². The quantitative estimate of drug-likeness (QED) is 0.634. The molecule has 2 rings (SSSR count). The summed E-state index contributed by atoms with van der Waals surface area (Å²) < 4.78 is 0. The zero-order chi connectivity index (χ0) is 11.5. The van der Waals surface area contributed by atoms with E-state index in [0.29, 0.717) is 0 Å². The number of rotatable bonds is 2. The van der Waals surface area contributed by atoms with Gasteiger partial charge in [-0.05, 0) is 6.71 Å². The van der Waals surface area contributed by atoms with Gasteiger partial charge in [0.05, 0.1) is 0 Å². The first-order valence-corrected chi connectivity index (χ1v) is 7.98. The third-order valence-electron chi connectivity index (χ3n) is 6.23. The molecule has 0 aromatic carbocycles. The van der Waals surface area contributed by atoms with Gasteiger partial charge in [-0.15, -0.1) is 0 Å². The first-order chi connectivity index (χ1) is 7.70. The van der Waals surface area contributed by atoms with Crippen molar-refractivity contribution in [1.82, 2.24) is 0 Å². The van der Waals surface area contributed by atoms with E-state index >= 15 is 0 Å². The molecule has 0 bridgehead atoms. The molecular weight excluding hydrogens is 198 g/mol. The molecule has 2 saturated carbocycles. The molecule has 2 aliphatic rings. The average molecular weight is 228 g/mol. The van der Waals surface area contributed by atoms with Crippen molar-refractivity contribution < 1.29 is 18.9 Å². The Balaban J connectivity index is 0.00000144. The molecule has 4 atom stereocenters. The fraction of sp³-hybridized carbons (Fsp3) is 1.00. The van der Waals surface area contributed by atoms with Crippen LogP contribution < -0.4 is 18.9 Å². The third kappa shape index (κ3) is 3.81. The fourth-order valence-electron chi connectivity index (χ4n) is 5.09. The second kappa shape index (κ2) is 7.30. The molecule has 2 aliphatic carbocycles. The van der Waals surface area contributed by atoms with Crippen LogP contribution in [-0.4, -0.2) is 6.71 Å². The van der Waals surface area contributed by atoms with Crippen molar-refractivity contribution in [2.75, 3.05) is 0 Å². The Morgan fingerprint density at radius 3 is 1.41 bits per heavy atom. The molecule has 0 radical (unpaired) electrons. The standard InChI is InChI=1S/C15H30B.Li/c1-12-8-4-6-10-14(12)16(3)15-11-7-5-9-13(15)2;/h12-16H,4-11H2,1-3H3;/q-1;+1. The normalized spacial score (nSPS) is 40.4. The van der Waals surface area contributed by atoms with Crippen molar-refractivity contribution in [2.45, 2.75) is 83.7 Å². The minimum absolute atomic E-state index is 0. The van der Waals surface area contributed by atoms with Crippen LogP contribution in [0.25, 0.3) is 0 Å². The van der Waals surface area contributed by atoms with E-state index in [4.69, 9.17) is 0 Å². The van der Waals surface area contributed by atoms with E-state index in [-0.39, 0.29) is 25.6 Å². The van der Waals surface area contributed by atoms with Gasteiger partial charge < -0.3 is 0 Å². The van der Waals surface area contributed by atoms with Gasteiger partial charge in [-0.25, -0.2) is 0 Å². The van der Waals surface area contributed by atoms with E-state index < -0.39 is 0 Å². The van der Waals surface area contributed by atoms with Gasteiger partial charge in [0.2, 0.25) is 0 Å². The van der Waals surface area contributed by atoms with E-state index in [2.05, 4.69) is 20.7 Å². The molecule has 17 heavy (non-hydrogen) atoms. The van der Waals surface area contributed by atoms with Gasteiger partial charge in [0.15, 0.2) is 0 Å². The van der Waals surface area contributed by atoms with Crippen molar-refractivity contribution in [1.29, 1.82) is 0 Å². The first-order valence-electron chi connectivity index (χ1n) is 7.98. The summed E-state index contributed by atoms with van der Waals surface area (Å²) in [6.07, 6.45) is 12.2. The summed E-state index contributed by atoms with van der Waals surface area (Å²) in [7, 11) is 0. The molecule has 94 valence electrons. The number of hydrogen-bond acceptors (Lipinski definition) is 0. The van der Waals surface area contributed by atoms with Gasteiger partial charge in [-0.1, -0.05) is 77.0 Å². The zero-order valence-corrected chi connectivity index (χ0v) is 12.7. The third-order valence-corrected chi connectivity index (χ3v) is 6.23. The topological polar surface area (TPSA) is 0 Å². The predicted octanol–water partition coefficient (Wildman–Crippen LogP) is 2.01. The zero-order valence-electron chi connectivity index (χ0n) is 12.7. The molecule has 2 fully saturated rings. The Morgan fingerprint density at radius 1 is 0.706 bits per heavy atom. The Kier molecular flexibility index (Phi) is 6.75.